The lowest BCUT2D eigenvalue weighted by molar-refractivity contribution is 0.0527. The van der Waals surface area contributed by atoms with Crippen LogP contribution in [0.2, 0.25) is 0 Å². The number of benzene rings is 1. The number of ether oxygens (including phenoxy) is 1. The zero-order valence-electron chi connectivity index (χ0n) is 11.9. The highest BCUT2D eigenvalue weighted by molar-refractivity contribution is 5.96. The molecule has 0 amide bonds. The normalized spacial score (nSPS) is 10.4. The standard InChI is InChI=1S/C14H21FN2O3/c1-3-17(6-5-7-18)13-8-10(14(19)20-4-2)12(16)9-11(13)15/h8-9,18H,3-7,16H2,1-2H3. The molecule has 20 heavy (non-hydrogen) atoms. The molecule has 0 aromatic heterocycles. The van der Waals surface area contributed by atoms with E-state index in [0.29, 0.717) is 25.2 Å². The molecule has 3 N–H and O–H groups in total. The van der Waals surface area contributed by atoms with Crippen molar-refractivity contribution >= 4 is 17.3 Å². The number of nitrogens with two attached hydrogens (primary N) is 1. The highest BCUT2D eigenvalue weighted by Crippen LogP contribution is 2.26. The van der Waals surface area contributed by atoms with Crippen LogP contribution in [0.1, 0.15) is 30.6 Å². The highest BCUT2D eigenvalue weighted by atomic mass is 19.1. The Morgan fingerprint density at radius 2 is 2.15 bits per heavy atom. The fourth-order valence-electron chi connectivity index (χ4n) is 1.92. The molecule has 0 radical (unpaired) electrons. The van der Waals surface area contributed by atoms with Crippen LogP contribution in [-0.4, -0.2) is 37.4 Å². The second kappa shape index (κ2) is 7.69. The summed E-state index contributed by atoms with van der Waals surface area (Å²) in [6.45, 7) is 4.87. The number of nitrogens with zero attached hydrogens (tertiary/aromatic N) is 1. The predicted molar refractivity (Wildman–Crippen MR) is 76.4 cm³/mol. The Bertz CT molecular complexity index is 466. The van der Waals surface area contributed by atoms with Crippen molar-refractivity contribution in [2.75, 3.05) is 36.9 Å². The van der Waals surface area contributed by atoms with Crippen LogP contribution in [0.15, 0.2) is 12.1 Å². The predicted octanol–water partition coefficient (Wildman–Crippen LogP) is 1.79. The second-order valence-corrected chi connectivity index (χ2v) is 4.27. The third-order valence-corrected chi connectivity index (χ3v) is 2.92. The first-order valence-electron chi connectivity index (χ1n) is 6.67. The van der Waals surface area contributed by atoms with Gasteiger partial charge in [0, 0.05) is 25.4 Å². The zero-order chi connectivity index (χ0) is 15.1. The maximum Gasteiger partial charge on any atom is 0.340 e. The van der Waals surface area contributed by atoms with Crippen molar-refractivity contribution in [3.63, 3.8) is 0 Å². The van der Waals surface area contributed by atoms with Gasteiger partial charge in [-0.1, -0.05) is 0 Å². The molecule has 0 saturated heterocycles. The number of aliphatic hydroxyl groups excluding tert-OH is 1. The van der Waals surface area contributed by atoms with Gasteiger partial charge in [-0.05, 0) is 32.4 Å². The Balaban J connectivity index is 3.12. The van der Waals surface area contributed by atoms with Gasteiger partial charge in [0.15, 0.2) is 0 Å². The van der Waals surface area contributed by atoms with Crippen LogP contribution in [0, 0.1) is 5.82 Å². The molecule has 0 aliphatic carbocycles. The van der Waals surface area contributed by atoms with E-state index in [0.717, 1.165) is 6.07 Å². The number of nitrogen functional groups attached to an aromatic ring is 1. The van der Waals surface area contributed by atoms with Crippen LogP contribution < -0.4 is 10.6 Å². The van der Waals surface area contributed by atoms with Gasteiger partial charge < -0.3 is 20.5 Å². The number of anilines is 2. The van der Waals surface area contributed by atoms with Crippen LogP contribution in [0.25, 0.3) is 0 Å². The number of carbonyl (C=O) groups is 1. The zero-order valence-corrected chi connectivity index (χ0v) is 11.9. The largest absolute Gasteiger partial charge is 0.462 e. The average Bonchev–Trinajstić information content (AvgIpc) is 2.41. The van der Waals surface area contributed by atoms with Gasteiger partial charge in [0.25, 0.3) is 0 Å². The molecule has 1 rings (SSSR count). The van der Waals surface area contributed by atoms with Crippen molar-refractivity contribution in [1.29, 1.82) is 0 Å². The fraction of sp³-hybridized carbons (Fsp3) is 0.500. The van der Waals surface area contributed by atoms with Gasteiger partial charge in [-0.25, -0.2) is 9.18 Å². The molecule has 112 valence electrons. The Kier molecular flexibility index (Phi) is 6.24. The summed E-state index contributed by atoms with van der Waals surface area (Å²) in [5.41, 5.74) is 6.17. The number of esters is 1. The minimum Gasteiger partial charge on any atom is -0.462 e. The maximum atomic E-state index is 14.0. The van der Waals surface area contributed by atoms with E-state index in [1.54, 1.807) is 11.8 Å². The first-order valence-corrected chi connectivity index (χ1v) is 6.67. The van der Waals surface area contributed by atoms with Gasteiger partial charge in [0.05, 0.1) is 17.9 Å². The molecule has 0 heterocycles. The van der Waals surface area contributed by atoms with Crippen molar-refractivity contribution < 1.29 is 19.0 Å². The van der Waals surface area contributed by atoms with Gasteiger partial charge in [-0.2, -0.15) is 0 Å². The van der Waals surface area contributed by atoms with Crippen LogP contribution in [0.4, 0.5) is 15.8 Å². The topological polar surface area (TPSA) is 75.8 Å². The number of hydrogen-bond acceptors (Lipinski definition) is 5. The molecule has 0 fully saturated rings. The SMILES string of the molecule is CCOC(=O)c1cc(N(CC)CCCO)c(F)cc1N. The van der Waals surface area contributed by atoms with Gasteiger partial charge in [0.1, 0.15) is 5.82 Å². The van der Waals surface area contributed by atoms with E-state index < -0.39 is 11.8 Å². The molecule has 0 spiro atoms. The average molecular weight is 284 g/mol. The molecule has 0 atom stereocenters. The number of carbonyl (C=O) groups excluding carboxylic acids is 1. The van der Waals surface area contributed by atoms with Gasteiger partial charge in [-0.15, -0.1) is 0 Å². The van der Waals surface area contributed by atoms with E-state index in [2.05, 4.69) is 0 Å². The Hall–Kier alpha value is -1.82. The summed E-state index contributed by atoms with van der Waals surface area (Å²) in [5.74, 6) is -1.06. The smallest absolute Gasteiger partial charge is 0.340 e. The van der Waals surface area contributed by atoms with Crippen molar-refractivity contribution in [3.05, 3.63) is 23.5 Å². The number of rotatable bonds is 7. The van der Waals surface area contributed by atoms with Crippen molar-refractivity contribution in [2.45, 2.75) is 20.3 Å². The van der Waals surface area contributed by atoms with E-state index in [1.807, 2.05) is 6.92 Å². The van der Waals surface area contributed by atoms with Crippen LogP contribution in [0.5, 0.6) is 0 Å². The van der Waals surface area contributed by atoms with E-state index in [4.69, 9.17) is 15.6 Å². The fourth-order valence-corrected chi connectivity index (χ4v) is 1.92. The monoisotopic (exact) mass is 284 g/mol. The van der Waals surface area contributed by atoms with Gasteiger partial charge >= 0.3 is 5.97 Å². The Morgan fingerprint density at radius 3 is 2.70 bits per heavy atom. The lowest BCUT2D eigenvalue weighted by Crippen LogP contribution is -2.26. The third-order valence-electron chi connectivity index (χ3n) is 2.92. The number of aliphatic hydroxyl groups is 1. The first-order chi connectivity index (χ1) is 9.54. The van der Waals surface area contributed by atoms with Crippen molar-refractivity contribution in [3.8, 4) is 0 Å². The first kappa shape index (κ1) is 16.2. The summed E-state index contributed by atoms with van der Waals surface area (Å²) < 4.78 is 18.9. The molecule has 0 unspecified atom stereocenters. The lowest BCUT2D eigenvalue weighted by atomic mass is 10.1. The van der Waals surface area contributed by atoms with E-state index in [-0.39, 0.29) is 24.5 Å². The summed E-state index contributed by atoms with van der Waals surface area (Å²) >= 11 is 0. The Labute approximate surface area is 118 Å². The minimum atomic E-state index is -0.565. The molecule has 1 aromatic carbocycles. The van der Waals surface area contributed by atoms with Crippen molar-refractivity contribution in [2.24, 2.45) is 0 Å². The van der Waals surface area contributed by atoms with Gasteiger partial charge in [0.2, 0.25) is 0 Å². The summed E-state index contributed by atoms with van der Waals surface area (Å²) in [7, 11) is 0. The second-order valence-electron chi connectivity index (χ2n) is 4.27. The molecule has 6 heteroatoms. The van der Waals surface area contributed by atoms with Crippen LogP contribution in [0.3, 0.4) is 0 Å². The van der Waals surface area contributed by atoms with E-state index in [9.17, 15) is 9.18 Å². The highest BCUT2D eigenvalue weighted by Gasteiger charge is 2.18. The minimum absolute atomic E-state index is 0.0256. The molecule has 1 aromatic rings. The Morgan fingerprint density at radius 1 is 1.45 bits per heavy atom. The molecule has 0 saturated carbocycles. The molecule has 0 aliphatic rings. The summed E-state index contributed by atoms with van der Waals surface area (Å²) in [4.78, 5) is 13.5. The quantitative estimate of drug-likeness (QED) is 0.590. The molecule has 5 nitrogen and oxygen atoms in total. The maximum absolute atomic E-state index is 14.0. The van der Waals surface area contributed by atoms with E-state index >= 15 is 0 Å². The number of halogens is 1. The molecule has 0 aliphatic heterocycles. The van der Waals surface area contributed by atoms with Gasteiger partial charge in [-0.3, -0.25) is 0 Å². The summed E-state index contributed by atoms with van der Waals surface area (Å²) in [6.07, 6.45) is 0.520. The number of hydrogen-bond donors (Lipinski definition) is 2. The summed E-state index contributed by atoms with van der Waals surface area (Å²) in [6, 6.07) is 2.53. The third kappa shape index (κ3) is 3.84. The van der Waals surface area contributed by atoms with Crippen LogP contribution >= 0.6 is 0 Å². The lowest BCUT2D eigenvalue weighted by Gasteiger charge is -2.24. The van der Waals surface area contributed by atoms with Crippen LogP contribution in [-0.2, 0) is 4.74 Å². The molecular formula is C14H21FN2O3. The van der Waals surface area contributed by atoms with Crippen molar-refractivity contribution in [1.82, 2.24) is 0 Å². The molecule has 0 bridgehead atoms. The molecular weight excluding hydrogens is 263 g/mol. The summed E-state index contributed by atoms with van der Waals surface area (Å²) in [5, 5.41) is 8.87. The van der Waals surface area contributed by atoms with E-state index in [1.165, 1.54) is 6.07 Å².